The zero-order valence-electron chi connectivity index (χ0n) is 14.4. The topological polar surface area (TPSA) is 118 Å². The molecule has 0 unspecified atom stereocenters. The van der Waals surface area contributed by atoms with Crippen LogP contribution in [0.25, 0.3) is 0 Å². The van der Waals surface area contributed by atoms with Gasteiger partial charge in [-0.05, 0) is 0 Å². The van der Waals surface area contributed by atoms with Gasteiger partial charge in [0.2, 0.25) is 0 Å². The zero-order chi connectivity index (χ0) is 22.8. The summed E-state index contributed by atoms with van der Waals surface area (Å²) < 4.78 is 19.6. The van der Waals surface area contributed by atoms with E-state index in [-0.39, 0.29) is 26.4 Å². The predicted octanol–water partition coefficient (Wildman–Crippen LogP) is 3.78. The Bertz CT molecular complexity index is 356. The fourth-order valence-electron chi connectivity index (χ4n) is 1.59. The van der Waals surface area contributed by atoms with Gasteiger partial charge in [0.25, 0.3) is 0 Å². The van der Waals surface area contributed by atoms with E-state index in [4.69, 9.17) is 18.9 Å². The Morgan fingerprint density at radius 3 is 0.759 bits per heavy atom. The Morgan fingerprint density at radius 1 is 0.448 bits per heavy atom. The largest absolute Gasteiger partial charge is 0.366 e. The van der Waals surface area contributed by atoms with Crippen LogP contribution < -0.4 is 0 Å². The molecule has 0 saturated carbocycles. The molecule has 4 atom stereocenters. The summed E-state index contributed by atoms with van der Waals surface area (Å²) in [7, 11) is 0. The molecule has 16 heteroatoms. The minimum absolute atomic E-state index is 0.159. The van der Waals surface area contributed by atoms with Crippen molar-refractivity contribution in [2.45, 2.75) is 40.1 Å². The molecule has 0 spiro atoms. The molecular weight excluding hydrogens is 923 g/mol. The van der Waals surface area contributed by atoms with Crippen molar-refractivity contribution in [3.63, 3.8) is 0 Å². The van der Waals surface area contributed by atoms with Crippen LogP contribution in [0, 0.1) is 5.41 Å². The third-order valence-electron chi connectivity index (χ3n) is 3.10. The summed E-state index contributed by atoms with van der Waals surface area (Å²) in [5.74, 6) is 0. The molecule has 0 aromatic rings. The third kappa shape index (κ3) is 14.5. The second kappa shape index (κ2) is 17.0. The molecule has 0 aliphatic heterocycles. The second-order valence-corrected chi connectivity index (χ2v) is 18.5. The Labute approximate surface area is 236 Å². The van der Waals surface area contributed by atoms with Gasteiger partial charge in [0.1, 0.15) is 14.9 Å². The minimum atomic E-state index is -1.23. The number of rotatable bonds is 16. The maximum atomic E-state index is 9.96. The van der Waals surface area contributed by atoms with E-state index in [1.54, 1.807) is 0 Å². The molecule has 0 aromatic heterocycles. The van der Waals surface area contributed by atoms with Gasteiger partial charge in [0.15, 0.2) is 25.2 Å². The molecule has 29 heavy (non-hydrogen) atoms. The van der Waals surface area contributed by atoms with E-state index in [0.717, 1.165) is 0 Å². The van der Waals surface area contributed by atoms with Crippen molar-refractivity contribution < 1.29 is 39.4 Å². The molecule has 4 N–H and O–H groups in total. The van der Waals surface area contributed by atoms with E-state index < -0.39 is 45.5 Å². The van der Waals surface area contributed by atoms with Crippen molar-refractivity contribution in [1.82, 2.24) is 0 Å². The Kier molecular flexibility index (Phi) is 19.1. The number of ether oxygens (including phenoxy) is 4. The number of aliphatic hydroxyl groups excluding tert-OH is 4. The maximum Gasteiger partial charge on any atom is 0.177 e. The van der Waals surface area contributed by atoms with Crippen LogP contribution in [-0.4, -0.2) is 87.0 Å². The monoisotopic (exact) mass is 935 g/mol. The molecule has 0 aliphatic carbocycles. The highest BCUT2D eigenvalue weighted by molar-refractivity contribution is 9.25. The molecule has 0 aromatic carbocycles. The van der Waals surface area contributed by atoms with Crippen LogP contribution in [0.1, 0.15) is 0 Å². The van der Waals surface area contributed by atoms with E-state index in [9.17, 15) is 20.4 Å². The average Bonchev–Trinajstić information content (AvgIpc) is 2.64. The van der Waals surface area contributed by atoms with Crippen LogP contribution in [0.15, 0.2) is 0 Å². The number of hydrogen-bond acceptors (Lipinski definition) is 8. The standard InChI is InChI=1S/C13H20Br8O8/c14-5(15)9(22)26-1-13(2-27-10(23)6(16)17,3-28-11(24)7(18)19)4-29-12(25)8(20)21/h5-12,22-25H,1-4H2/t9-,10-,11-,12+/m0/s1. The Morgan fingerprint density at radius 2 is 0.621 bits per heavy atom. The van der Waals surface area contributed by atoms with Crippen LogP contribution >= 0.6 is 127 Å². The predicted molar refractivity (Wildman–Crippen MR) is 137 cm³/mol. The average molecular weight is 944 g/mol. The first-order valence-corrected chi connectivity index (χ1v) is 14.9. The van der Waals surface area contributed by atoms with E-state index in [0.29, 0.717) is 0 Å². The van der Waals surface area contributed by atoms with Crippen molar-refractivity contribution >= 4 is 127 Å². The Hall–Kier alpha value is 3.52. The number of aliphatic hydroxyl groups is 4. The summed E-state index contributed by atoms with van der Waals surface area (Å²) in [4.78, 5) is 0. The molecule has 0 bridgehead atoms. The van der Waals surface area contributed by atoms with Crippen molar-refractivity contribution in [3.8, 4) is 0 Å². The van der Waals surface area contributed by atoms with Gasteiger partial charge in [-0.25, -0.2) is 0 Å². The number of halogens is 8. The molecule has 0 radical (unpaired) electrons. The van der Waals surface area contributed by atoms with Crippen molar-refractivity contribution in [2.24, 2.45) is 5.41 Å². The van der Waals surface area contributed by atoms with Gasteiger partial charge < -0.3 is 39.4 Å². The summed E-state index contributed by atoms with van der Waals surface area (Å²) in [6.07, 6.45) is -4.91. The highest BCUT2D eigenvalue weighted by Gasteiger charge is 2.37. The lowest BCUT2D eigenvalue weighted by Crippen LogP contribution is -2.46. The minimum Gasteiger partial charge on any atom is -0.366 e. The molecule has 0 amide bonds. The van der Waals surface area contributed by atoms with Gasteiger partial charge in [0.05, 0.1) is 31.8 Å². The van der Waals surface area contributed by atoms with E-state index >= 15 is 0 Å². The molecule has 0 fully saturated rings. The molecule has 0 saturated heterocycles. The molecule has 8 nitrogen and oxygen atoms in total. The van der Waals surface area contributed by atoms with Gasteiger partial charge in [-0.3, -0.25) is 0 Å². The summed E-state index contributed by atoms with van der Waals surface area (Å²) in [6, 6.07) is 0. The van der Waals surface area contributed by atoms with Gasteiger partial charge in [-0.2, -0.15) is 0 Å². The maximum absolute atomic E-state index is 9.96. The summed E-state index contributed by atoms with van der Waals surface area (Å²) >= 11 is 25.1. The summed E-state index contributed by atoms with van der Waals surface area (Å²) in [5.41, 5.74) is -1.13. The van der Waals surface area contributed by atoms with Crippen LogP contribution in [0.4, 0.5) is 0 Å². The number of alkyl halides is 8. The van der Waals surface area contributed by atoms with Crippen LogP contribution in [0.2, 0.25) is 0 Å². The van der Waals surface area contributed by atoms with E-state index in [2.05, 4.69) is 127 Å². The zero-order valence-corrected chi connectivity index (χ0v) is 27.1. The fourth-order valence-corrected chi connectivity index (χ4v) is 2.81. The SMILES string of the molecule is O[C@H](OCC(CO[C@H](O)C(Br)Br)(CO[C@H](O)C(Br)Br)CO[C@H](O)C(Br)Br)C(Br)Br. The van der Waals surface area contributed by atoms with Gasteiger partial charge in [0, 0.05) is 0 Å². The lowest BCUT2D eigenvalue weighted by Gasteiger charge is -2.36. The second-order valence-electron chi connectivity index (χ2n) is 5.64. The molecule has 0 aliphatic rings. The van der Waals surface area contributed by atoms with Gasteiger partial charge in [-0.15, -0.1) is 0 Å². The first-order chi connectivity index (χ1) is 13.3. The van der Waals surface area contributed by atoms with Crippen molar-refractivity contribution in [1.29, 1.82) is 0 Å². The third-order valence-corrected chi connectivity index (χ3v) is 6.72. The lowest BCUT2D eigenvalue weighted by molar-refractivity contribution is -0.215. The van der Waals surface area contributed by atoms with E-state index in [1.807, 2.05) is 0 Å². The van der Waals surface area contributed by atoms with Gasteiger partial charge in [-0.1, -0.05) is 127 Å². The highest BCUT2D eigenvalue weighted by atomic mass is 79.9. The summed E-state index contributed by atoms with van der Waals surface area (Å²) in [5, 5.41) is 39.8. The van der Waals surface area contributed by atoms with Crippen molar-refractivity contribution in [2.75, 3.05) is 26.4 Å². The number of hydrogen-bond donors (Lipinski definition) is 4. The van der Waals surface area contributed by atoms with Crippen LogP contribution in [0.3, 0.4) is 0 Å². The normalized spacial score (nSPS) is 17.4. The fraction of sp³-hybridized carbons (Fsp3) is 1.00. The molecule has 176 valence electrons. The summed E-state index contributed by atoms with van der Waals surface area (Å²) in [6.45, 7) is -0.636. The molecule has 0 rings (SSSR count). The first-order valence-electron chi connectivity index (χ1n) is 7.62. The van der Waals surface area contributed by atoms with Gasteiger partial charge >= 0.3 is 0 Å². The molecular formula is C13H20Br8O8. The lowest BCUT2D eigenvalue weighted by atomic mass is 9.92. The molecule has 0 heterocycles. The van der Waals surface area contributed by atoms with Crippen molar-refractivity contribution in [3.05, 3.63) is 0 Å². The van der Waals surface area contributed by atoms with Crippen LogP contribution in [0.5, 0.6) is 0 Å². The smallest absolute Gasteiger partial charge is 0.177 e. The quantitative estimate of drug-likeness (QED) is 0.137. The Balaban J connectivity index is 5.47. The first kappa shape index (κ1) is 32.5. The highest BCUT2D eigenvalue weighted by Crippen LogP contribution is 2.28. The van der Waals surface area contributed by atoms with Crippen LogP contribution in [-0.2, 0) is 18.9 Å². The van der Waals surface area contributed by atoms with E-state index in [1.165, 1.54) is 0 Å².